The third-order valence-corrected chi connectivity index (χ3v) is 4.12. The Hall–Kier alpha value is -0.930. The number of nitrogens with two attached hydrogens (primary N) is 1. The summed E-state index contributed by atoms with van der Waals surface area (Å²) >= 11 is 0. The van der Waals surface area contributed by atoms with Gasteiger partial charge in [0.1, 0.15) is 0 Å². The van der Waals surface area contributed by atoms with Crippen molar-refractivity contribution in [1.82, 2.24) is 9.88 Å². The van der Waals surface area contributed by atoms with E-state index >= 15 is 0 Å². The quantitative estimate of drug-likeness (QED) is 0.839. The Labute approximate surface area is 110 Å². The first-order chi connectivity index (χ1) is 8.74. The zero-order chi connectivity index (χ0) is 13.0. The minimum atomic E-state index is 0.533. The van der Waals surface area contributed by atoms with Crippen LogP contribution in [0.15, 0.2) is 18.2 Å². The maximum atomic E-state index is 5.98. The molecule has 100 valence electrons. The minimum absolute atomic E-state index is 0.533. The largest absolute Gasteiger partial charge is 0.329 e. The van der Waals surface area contributed by atoms with Crippen molar-refractivity contribution in [2.45, 2.75) is 45.7 Å². The van der Waals surface area contributed by atoms with Crippen LogP contribution in [0, 0.1) is 12.8 Å². The van der Waals surface area contributed by atoms with Gasteiger partial charge in [-0.3, -0.25) is 9.88 Å². The zero-order valence-electron chi connectivity index (χ0n) is 11.6. The smallest absolute Gasteiger partial charge is 0.0547 e. The van der Waals surface area contributed by atoms with Gasteiger partial charge in [0.25, 0.3) is 0 Å². The summed E-state index contributed by atoms with van der Waals surface area (Å²) in [5, 5.41) is 0. The second kappa shape index (κ2) is 6.30. The van der Waals surface area contributed by atoms with E-state index < -0.39 is 0 Å². The van der Waals surface area contributed by atoms with E-state index in [1.807, 2.05) is 13.0 Å². The van der Waals surface area contributed by atoms with Gasteiger partial charge in [-0.05, 0) is 44.4 Å². The Morgan fingerprint density at radius 2 is 2.22 bits per heavy atom. The van der Waals surface area contributed by atoms with Gasteiger partial charge >= 0.3 is 0 Å². The van der Waals surface area contributed by atoms with Crippen molar-refractivity contribution in [3.63, 3.8) is 0 Å². The molecule has 1 aromatic rings. The third kappa shape index (κ3) is 3.09. The van der Waals surface area contributed by atoms with Crippen molar-refractivity contribution in [3.05, 3.63) is 29.6 Å². The van der Waals surface area contributed by atoms with Gasteiger partial charge in [-0.1, -0.05) is 19.4 Å². The Balaban J connectivity index is 2.03. The van der Waals surface area contributed by atoms with Gasteiger partial charge in [0.15, 0.2) is 0 Å². The number of pyridine rings is 1. The van der Waals surface area contributed by atoms with Gasteiger partial charge in [0, 0.05) is 24.8 Å². The van der Waals surface area contributed by atoms with Crippen LogP contribution in [0.3, 0.4) is 0 Å². The molecule has 1 fully saturated rings. The molecule has 2 rings (SSSR count). The molecule has 0 saturated heterocycles. The highest BCUT2D eigenvalue weighted by atomic mass is 15.2. The number of likely N-dealkylation sites (N-methyl/N-ethyl adjacent to an activating group) is 1. The van der Waals surface area contributed by atoms with Crippen LogP contribution in [0.4, 0.5) is 0 Å². The molecule has 0 aromatic carbocycles. The first kappa shape index (κ1) is 13.5. The second-order valence-electron chi connectivity index (χ2n) is 5.33. The maximum Gasteiger partial charge on any atom is 0.0547 e. The van der Waals surface area contributed by atoms with E-state index in [1.54, 1.807) is 0 Å². The number of nitrogens with zero attached hydrogens (tertiary/aromatic N) is 2. The van der Waals surface area contributed by atoms with E-state index in [-0.39, 0.29) is 0 Å². The van der Waals surface area contributed by atoms with Gasteiger partial charge in [0.2, 0.25) is 0 Å². The topological polar surface area (TPSA) is 42.2 Å². The van der Waals surface area contributed by atoms with Crippen molar-refractivity contribution in [2.75, 3.05) is 13.1 Å². The number of hydrogen-bond acceptors (Lipinski definition) is 3. The summed E-state index contributed by atoms with van der Waals surface area (Å²) in [4.78, 5) is 7.09. The summed E-state index contributed by atoms with van der Waals surface area (Å²) in [6.45, 7) is 7.01. The fraction of sp³-hybridized carbons (Fsp3) is 0.667. The van der Waals surface area contributed by atoms with Crippen molar-refractivity contribution < 1.29 is 0 Å². The fourth-order valence-corrected chi connectivity index (χ4v) is 2.82. The van der Waals surface area contributed by atoms with Crippen LogP contribution in [0.25, 0.3) is 0 Å². The van der Waals surface area contributed by atoms with E-state index in [0.29, 0.717) is 6.04 Å². The van der Waals surface area contributed by atoms with E-state index in [0.717, 1.165) is 36.9 Å². The molecular formula is C15H25N3. The second-order valence-corrected chi connectivity index (χ2v) is 5.33. The number of aromatic nitrogens is 1. The van der Waals surface area contributed by atoms with Crippen LogP contribution in [-0.2, 0) is 6.54 Å². The van der Waals surface area contributed by atoms with E-state index in [1.165, 1.54) is 19.3 Å². The van der Waals surface area contributed by atoms with Crippen molar-refractivity contribution in [2.24, 2.45) is 11.7 Å². The van der Waals surface area contributed by atoms with Crippen LogP contribution >= 0.6 is 0 Å². The molecule has 0 amide bonds. The summed E-state index contributed by atoms with van der Waals surface area (Å²) in [5.74, 6) is 0.805. The van der Waals surface area contributed by atoms with E-state index in [2.05, 4.69) is 28.9 Å². The molecule has 1 heterocycles. The van der Waals surface area contributed by atoms with E-state index in [4.69, 9.17) is 5.73 Å². The van der Waals surface area contributed by atoms with Crippen molar-refractivity contribution in [3.8, 4) is 0 Å². The molecule has 1 atom stereocenters. The summed E-state index contributed by atoms with van der Waals surface area (Å²) in [7, 11) is 0. The lowest BCUT2D eigenvalue weighted by Gasteiger charge is -2.40. The average Bonchev–Trinajstić information content (AvgIpc) is 2.31. The Bertz CT molecular complexity index is 374. The molecule has 1 saturated carbocycles. The number of rotatable bonds is 6. The van der Waals surface area contributed by atoms with Gasteiger partial charge < -0.3 is 5.73 Å². The number of hydrogen-bond donors (Lipinski definition) is 1. The molecule has 2 N–H and O–H groups in total. The highest BCUT2D eigenvalue weighted by Gasteiger charge is 2.30. The fourth-order valence-electron chi connectivity index (χ4n) is 2.82. The lowest BCUT2D eigenvalue weighted by molar-refractivity contribution is 0.0979. The standard InChI is InChI=1S/C15H25N3/c1-3-18(15(10-16)13-7-5-8-13)11-14-9-4-6-12(2)17-14/h4,6,9,13,15H,3,5,7-8,10-11,16H2,1-2H3. The first-order valence-corrected chi connectivity index (χ1v) is 7.11. The molecule has 3 nitrogen and oxygen atoms in total. The Morgan fingerprint density at radius 1 is 1.44 bits per heavy atom. The average molecular weight is 247 g/mol. The molecular weight excluding hydrogens is 222 g/mol. The summed E-state index contributed by atoms with van der Waals surface area (Å²) in [6, 6.07) is 6.79. The maximum absolute atomic E-state index is 5.98. The molecule has 0 bridgehead atoms. The van der Waals surface area contributed by atoms with Crippen LogP contribution in [0.5, 0.6) is 0 Å². The minimum Gasteiger partial charge on any atom is -0.329 e. The van der Waals surface area contributed by atoms with Crippen molar-refractivity contribution >= 4 is 0 Å². The van der Waals surface area contributed by atoms with Gasteiger partial charge in [-0.15, -0.1) is 0 Å². The van der Waals surface area contributed by atoms with Gasteiger partial charge in [-0.25, -0.2) is 0 Å². The summed E-state index contributed by atoms with van der Waals surface area (Å²) < 4.78 is 0. The predicted octanol–water partition coefficient (Wildman–Crippen LogP) is 2.34. The number of aryl methyl sites for hydroxylation is 1. The van der Waals surface area contributed by atoms with E-state index in [9.17, 15) is 0 Å². The monoisotopic (exact) mass is 247 g/mol. The van der Waals surface area contributed by atoms with Crippen LogP contribution in [-0.4, -0.2) is 29.0 Å². The molecule has 18 heavy (non-hydrogen) atoms. The molecule has 1 unspecified atom stereocenters. The summed E-state index contributed by atoms with van der Waals surface area (Å²) in [5.41, 5.74) is 8.24. The van der Waals surface area contributed by atoms with Crippen LogP contribution in [0.1, 0.15) is 37.6 Å². The molecule has 0 radical (unpaired) electrons. The molecule has 3 heteroatoms. The third-order valence-electron chi connectivity index (χ3n) is 4.12. The van der Waals surface area contributed by atoms with Crippen LogP contribution in [0.2, 0.25) is 0 Å². The molecule has 1 aliphatic rings. The highest BCUT2D eigenvalue weighted by Crippen LogP contribution is 2.32. The zero-order valence-corrected chi connectivity index (χ0v) is 11.6. The lowest BCUT2D eigenvalue weighted by Crippen LogP contribution is -2.47. The Morgan fingerprint density at radius 3 is 2.72 bits per heavy atom. The Kier molecular flexibility index (Phi) is 4.72. The normalized spacial score (nSPS) is 17.8. The van der Waals surface area contributed by atoms with Gasteiger partial charge in [-0.2, -0.15) is 0 Å². The van der Waals surface area contributed by atoms with Gasteiger partial charge in [0.05, 0.1) is 5.69 Å². The van der Waals surface area contributed by atoms with Crippen molar-refractivity contribution in [1.29, 1.82) is 0 Å². The molecule has 0 aliphatic heterocycles. The molecule has 0 spiro atoms. The predicted molar refractivity (Wildman–Crippen MR) is 75.2 cm³/mol. The first-order valence-electron chi connectivity index (χ1n) is 7.11. The SMILES string of the molecule is CCN(Cc1cccc(C)n1)C(CN)C1CCC1. The molecule has 1 aliphatic carbocycles. The summed E-state index contributed by atoms with van der Waals surface area (Å²) in [6.07, 6.45) is 4.07. The lowest BCUT2D eigenvalue weighted by atomic mass is 9.79. The highest BCUT2D eigenvalue weighted by molar-refractivity contribution is 5.10. The molecule has 1 aromatic heterocycles. The van der Waals surface area contributed by atoms with Crippen LogP contribution < -0.4 is 5.73 Å².